The van der Waals surface area contributed by atoms with Crippen LogP contribution in [0.4, 0.5) is 4.39 Å². The van der Waals surface area contributed by atoms with E-state index in [0.717, 1.165) is 30.4 Å². The van der Waals surface area contributed by atoms with Crippen LogP contribution in [0.15, 0.2) is 12.1 Å². The predicted molar refractivity (Wildman–Crippen MR) is 58.9 cm³/mol. The molecule has 1 aliphatic carbocycles. The van der Waals surface area contributed by atoms with Crippen molar-refractivity contribution in [1.82, 2.24) is 0 Å². The third kappa shape index (κ3) is 1.94. The summed E-state index contributed by atoms with van der Waals surface area (Å²) in [6.07, 6.45) is 3.01. The van der Waals surface area contributed by atoms with Gasteiger partial charge in [-0.1, -0.05) is 19.1 Å². The topological polar surface area (TPSA) is 37.3 Å². The average Bonchev–Trinajstić information content (AvgIpc) is 2.70. The number of benzene rings is 1. The largest absolute Gasteiger partial charge is 0.481 e. The summed E-state index contributed by atoms with van der Waals surface area (Å²) in [7, 11) is 0. The van der Waals surface area contributed by atoms with E-state index in [0.29, 0.717) is 5.56 Å². The Hall–Kier alpha value is -1.38. The third-order valence-corrected chi connectivity index (χ3v) is 3.24. The van der Waals surface area contributed by atoms with E-state index in [4.69, 9.17) is 5.11 Å². The van der Waals surface area contributed by atoms with Crippen molar-refractivity contribution >= 4 is 5.97 Å². The molecule has 3 heteroatoms. The molecule has 1 aliphatic rings. The standard InChI is InChI=1S/C13H15FO2/c1-8(13(15)16)7-10-6-5-9-3-2-4-11(9)12(10)14/h5-6,8H,2-4,7H2,1H3,(H,15,16). The molecule has 1 aromatic carbocycles. The van der Waals surface area contributed by atoms with Gasteiger partial charge in [0.15, 0.2) is 0 Å². The Bertz CT molecular complexity index is 426. The minimum Gasteiger partial charge on any atom is -0.481 e. The maximum atomic E-state index is 14.0. The molecule has 1 unspecified atom stereocenters. The minimum atomic E-state index is -0.875. The molecular formula is C13H15FO2. The van der Waals surface area contributed by atoms with Crippen molar-refractivity contribution in [2.24, 2.45) is 5.92 Å². The molecule has 0 bridgehead atoms. The Morgan fingerprint density at radius 2 is 2.25 bits per heavy atom. The normalized spacial score (nSPS) is 15.9. The number of carboxylic acid groups (broad SMARTS) is 1. The molecule has 16 heavy (non-hydrogen) atoms. The van der Waals surface area contributed by atoms with Gasteiger partial charge in [-0.05, 0) is 42.4 Å². The molecule has 0 aliphatic heterocycles. The first-order chi connectivity index (χ1) is 7.59. The summed E-state index contributed by atoms with van der Waals surface area (Å²) in [6, 6.07) is 3.67. The zero-order valence-corrected chi connectivity index (χ0v) is 9.29. The summed E-state index contributed by atoms with van der Waals surface area (Å²) in [5.74, 6) is -1.59. The highest BCUT2D eigenvalue weighted by molar-refractivity contribution is 5.69. The number of carbonyl (C=O) groups is 1. The molecule has 0 spiro atoms. The van der Waals surface area contributed by atoms with Gasteiger partial charge in [-0.2, -0.15) is 0 Å². The van der Waals surface area contributed by atoms with Gasteiger partial charge >= 0.3 is 5.97 Å². The zero-order chi connectivity index (χ0) is 11.7. The molecule has 2 nitrogen and oxygen atoms in total. The van der Waals surface area contributed by atoms with Gasteiger partial charge in [0.1, 0.15) is 5.82 Å². The van der Waals surface area contributed by atoms with E-state index in [9.17, 15) is 9.18 Å². The van der Waals surface area contributed by atoms with E-state index >= 15 is 0 Å². The number of carboxylic acids is 1. The van der Waals surface area contributed by atoms with Gasteiger partial charge in [-0.3, -0.25) is 4.79 Å². The molecule has 0 aromatic heterocycles. The molecule has 1 aromatic rings. The van der Waals surface area contributed by atoms with E-state index in [-0.39, 0.29) is 12.2 Å². The van der Waals surface area contributed by atoms with E-state index in [2.05, 4.69) is 0 Å². The lowest BCUT2D eigenvalue weighted by Crippen LogP contribution is -2.13. The fourth-order valence-corrected chi connectivity index (χ4v) is 2.24. The first-order valence-electron chi connectivity index (χ1n) is 5.61. The summed E-state index contributed by atoms with van der Waals surface area (Å²) in [5.41, 5.74) is 2.43. The third-order valence-electron chi connectivity index (χ3n) is 3.24. The van der Waals surface area contributed by atoms with Crippen LogP contribution in [-0.2, 0) is 24.1 Å². The quantitative estimate of drug-likeness (QED) is 0.853. The van der Waals surface area contributed by atoms with Gasteiger partial charge < -0.3 is 5.11 Å². The lowest BCUT2D eigenvalue weighted by molar-refractivity contribution is -0.141. The highest BCUT2D eigenvalue weighted by atomic mass is 19.1. The summed E-state index contributed by atoms with van der Waals surface area (Å²) in [5, 5.41) is 8.81. The molecule has 2 rings (SSSR count). The second-order valence-corrected chi connectivity index (χ2v) is 4.47. The van der Waals surface area contributed by atoms with Crippen molar-refractivity contribution in [3.63, 3.8) is 0 Å². The van der Waals surface area contributed by atoms with Crippen LogP contribution in [0.25, 0.3) is 0 Å². The fraction of sp³-hybridized carbons (Fsp3) is 0.462. The maximum absolute atomic E-state index is 14.0. The van der Waals surface area contributed by atoms with Crippen LogP contribution in [0.5, 0.6) is 0 Å². The SMILES string of the molecule is CC(Cc1ccc2c(c1F)CCC2)C(=O)O. The number of aryl methyl sites for hydroxylation is 1. The van der Waals surface area contributed by atoms with Crippen LogP contribution >= 0.6 is 0 Å². The van der Waals surface area contributed by atoms with Crippen LogP contribution < -0.4 is 0 Å². The number of fused-ring (bicyclic) bond motifs is 1. The first-order valence-corrected chi connectivity index (χ1v) is 5.61. The number of hydrogen-bond donors (Lipinski definition) is 1. The molecule has 0 fully saturated rings. The van der Waals surface area contributed by atoms with Crippen molar-refractivity contribution in [2.45, 2.75) is 32.6 Å². The molecule has 1 N–H and O–H groups in total. The van der Waals surface area contributed by atoms with Crippen LogP contribution in [0.2, 0.25) is 0 Å². The molecule has 0 amide bonds. The van der Waals surface area contributed by atoms with Gasteiger partial charge in [0, 0.05) is 0 Å². The number of hydrogen-bond acceptors (Lipinski definition) is 1. The number of rotatable bonds is 3. The summed E-state index contributed by atoms with van der Waals surface area (Å²) < 4.78 is 14.0. The Balaban J connectivity index is 2.26. The first kappa shape index (κ1) is 11.1. The van der Waals surface area contributed by atoms with Crippen LogP contribution in [-0.4, -0.2) is 11.1 Å². The highest BCUT2D eigenvalue weighted by Crippen LogP contribution is 2.27. The van der Waals surface area contributed by atoms with Crippen molar-refractivity contribution in [3.05, 3.63) is 34.6 Å². The van der Waals surface area contributed by atoms with Crippen molar-refractivity contribution in [1.29, 1.82) is 0 Å². The van der Waals surface area contributed by atoms with Crippen LogP contribution in [0.3, 0.4) is 0 Å². The summed E-state index contributed by atoms with van der Waals surface area (Å²) in [6.45, 7) is 1.61. The van der Waals surface area contributed by atoms with Gasteiger partial charge in [0.2, 0.25) is 0 Å². The smallest absolute Gasteiger partial charge is 0.306 e. The van der Waals surface area contributed by atoms with Gasteiger partial charge in [-0.25, -0.2) is 4.39 Å². The average molecular weight is 222 g/mol. The lowest BCUT2D eigenvalue weighted by atomic mass is 9.97. The minimum absolute atomic E-state index is 0.178. The predicted octanol–water partition coefficient (Wildman–Crippen LogP) is 2.58. The van der Waals surface area contributed by atoms with Crippen LogP contribution in [0.1, 0.15) is 30.0 Å². The van der Waals surface area contributed by atoms with E-state index in [1.165, 1.54) is 0 Å². The molecule has 86 valence electrons. The number of aliphatic carboxylic acids is 1. The lowest BCUT2D eigenvalue weighted by Gasteiger charge is -2.10. The summed E-state index contributed by atoms with van der Waals surface area (Å²) in [4.78, 5) is 10.7. The fourth-order valence-electron chi connectivity index (χ4n) is 2.24. The van der Waals surface area contributed by atoms with E-state index in [1.807, 2.05) is 6.07 Å². The molecule has 0 saturated heterocycles. The van der Waals surface area contributed by atoms with Crippen molar-refractivity contribution in [2.75, 3.05) is 0 Å². The van der Waals surface area contributed by atoms with Gasteiger partial charge in [0.25, 0.3) is 0 Å². The Labute approximate surface area is 94.1 Å². The Morgan fingerprint density at radius 3 is 2.94 bits per heavy atom. The monoisotopic (exact) mass is 222 g/mol. The molecule has 0 radical (unpaired) electrons. The molecule has 0 saturated carbocycles. The maximum Gasteiger partial charge on any atom is 0.306 e. The van der Waals surface area contributed by atoms with Crippen LogP contribution in [0, 0.1) is 11.7 Å². The van der Waals surface area contributed by atoms with E-state index < -0.39 is 11.9 Å². The zero-order valence-electron chi connectivity index (χ0n) is 9.29. The van der Waals surface area contributed by atoms with Gasteiger partial charge in [0.05, 0.1) is 5.92 Å². The second-order valence-electron chi connectivity index (χ2n) is 4.47. The van der Waals surface area contributed by atoms with Crippen molar-refractivity contribution < 1.29 is 14.3 Å². The molecule has 0 heterocycles. The Morgan fingerprint density at radius 1 is 1.50 bits per heavy atom. The number of halogens is 1. The molecular weight excluding hydrogens is 207 g/mol. The van der Waals surface area contributed by atoms with Crippen molar-refractivity contribution in [3.8, 4) is 0 Å². The Kier molecular flexibility index (Phi) is 2.95. The highest BCUT2D eigenvalue weighted by Gasteiger charge is 2.20. The molecule has 1 atom stereocenters. The summed E-state index contributed by atoms with van der Waals surface area (Å²) >= 11 is 0. The second kappa shape index (κ2) is 4.24. The van der Waals surface area contributed by atoms with Gasteiger partial charge in [-0.15, -0.1) is 0 Å². The van der Waals surface area contributed by atoms with E-state index in [1.54, 1.807) is 13.0 Å².